The average Bonchev–Trinajstić information content (AvgIpc) is 2.51. The molecule has 0 amide bonds. The molecule has 2 atom stereocenters. The maximum atomic E-state index is 10.1. The van der Waals surface area contributed by atoms with Crippen LogP contribution in [0.25, 0.3) is 0 Å². The van der Waals surface area contributed by atoms with Gasteiger partial charge in [0.15, 0.2) is 0 Å². The van der Waals surface area contributed by atoms with Crippen LogP contribution < -0.4 is 5.32 Å². The molecule has 0 aromatic carbocycles. The Morgan fingerprint density at radius 3 is 2.10 bits per heavy atom. The van der Waals surface area contributed by atoms with Gasteiger partial charge in [-0.1, -0.05) is 32.1 Å². The Hall–Kier alpha value is -0.120. The standard InChI is InChI=1S/C17H32N2O/c20-17-9-5-4-8-16(17)18-14-10-12-19(13-11-14)15-6-2-1-3-7-15/h14-18,20H,1-13H2. The van der Waals surface area contributed by atoms with Gasteiger partial charge >= 0.3 is 0 Å². The third kappa shape index (κ3) is 3.75. The third-order valence-corrected chi connectivity index (χ3v) is 5.80. The Labute approximate surface area is 124 Å². The van der Waals surface area contributed by atoms with Gasteiger partial charge in [-0.05, 0) is 51.6 Å². The van der Waals surface area contributed by atoms with Crippen LogP contribution in [0.5, 0.6) is 0 Å². The van der Waals surface area contributed by atoms with E-state index in [1.165, 1.54) is 77.3 Å². The summed E-state index contributed by atoms with van der Waals surface area (Å²) in [6.07, 6.45) is 14.3. The molecule has 2 aliphatic carbocycles. The summed E-state index contributed by atoms with van der Waals surface area (Å²) in [6, 6.07) is 1.90. The van der Waals surface area contributed by atoms with Crippen LogP contribution in [0.3, 0.4) is 0 Å². The van der Waals surface area contributed by atoms with Crippen molar-refractivity contribution in [3.05, 3.63) is 0 Å². The minimum absolute atomic E-state index is 0.0971. The Morgan fingerprint density at radius 2 is 1.40 bits per heavy atom. The first-order valence-electron chi connectivity index (χ1n) is 9.01. The fourth-order valence-corrected chi connectivity index (χ4v) is 4.49. The molecule has 0 aromatic rings. The van der Waals surface area contributed by atoms with Crippen molar-refractivity contribution in [2.45, 2.75) is 94.9 Å². The molecule has 3 heteroatoms. The average molecular weight is 280 g/mol. The van der Waals surface area contributed by atoms with Gasteiger partial charge in [0.05, 0.1) is 6.10 Å². The van der Waals surface area contributed by atoms with Gasteiger partial charge in [-0.2, -0.15) is 0 Å². The first-order chi connectivity index (χ1) is 9.83. The second-order valence-electron chi connectivity index (χ2n) is 7.23. The fourth-order valence-electron chi connectivity index (χ4n) is 4.49. The molecule has 3 fully saturated rings. The van der Waals surface area contributed by atoms with Crippen LogP contribution in [-0.4, -0.2) is 47.3 Å². The van der Waals surface area contributed by atoms with Crippen molar-refractivity contribution < 1.29 is 5.11 Å². The summed E-state index contributed by atoms with van der Waals surface area (Å²) < 4.78 is 0. The molecule has 0 aromatic heterocycles. The minimum atomic E-state index is -0.0971. The first-order valence-corrected chi connectivity index (χ1v) is 9.01. The molecule has 20 heavy (non-hydrogen) atoms. The van der Waals surface area contributed by atoms with Gasteiger partial charge in [0.25, 0.3) is 0 Å². The van der Waals surface area contributed by atoms with E-state index >= 15 is 0 Å². The lowest BCUT2D eigenvalue weighted by Gasteiger charge is -2.41. The Morgan fingerprint density at radius 1 is 0.750 bits per heavy atom. The highest BCUT2D eigenvalue weighted by Crippen LogP contribution is 2.26. The highest BCUT2D eigenvalue weighted by atomic mass is 16.3. The minimum Gasteiger partial charge on any atom is -0.392 e. The molecule has 116 valence electrons. The zero-order chi connectivity index (χ0) is 13.8. The smallest absolute Gasteiger partial charge is 0.0693 e. The van der Waals surface area contributed by atoms with Crippen LogP contribution in [0.4, 0.5) is 0 Å². The number of aliphatic hydroxyl groups is 1. The summed E-state index contributed by atoms with van der Waals surface area (Å²) in [5.74, 6) is 0. The van der Waals surface area contributed by atoms with E-state index in [0.29, 0.717) is 12.1 Å². The van der Waals surface area contributed by atoms with Crippen LogP contribution in [0.15, 0.2) is 0 Å². The van der Waals surface area contributed by atoms with Crippen LogP contribution in [-0.2, 0) is 0 Å². The summed E-state index contributed by atoms with van der Waals surface area (Å²) in [6.45, 7) is 2.54. The molecule has 3 rings (SSSR count). The molecule has 3 nitrogen and oxygen atoms in total. The third-order valence-electron chi connectivity index (χ3n) is 5.80. The topological polar surface area (TPSA) is 35.5 Å². The number of nitrogens with zero attached hydrogens (tertiary/aromatic N) is 1. The van der Waals surface area contributed by atoms with Crippen molar-refractivity contribution in [1.29, 1.82) is 0 Å². The SMILES string of the molecule is OC1CCCCC1NC1CCN(C2CCCCC2)CC1. The van der Waals surface area contributed by atoms with E-state index in [1.54, 1.807) is 0 Å². The van der Waals surface area contributed by atoms with Gasteiger partial charge < -0.3 is 15.3 Å². The summed E-state index contributed by atoms with van der Waals surface area (Å²) in [5.41, 5.74) is 0. The predicted molar refractivity (Wildman–Crippen MR) is 82.9 cm³/mol. The molecular weight excluding hydrogens is 248 g/mol. The molecule has 2 N–H and O–H groups in total. The highest BCUT2D eigenvalue weighted by molar-refractivity contribution is 4.88. The van der Waals surface area contributed by atoms with E-state index in [4.69, 9.17) is 0 Å². The van der Waals surface area contributed by atoms with Gasteiger partial charge in [-0.3, -0.25) is 0 Å². The Balaban J connectivity index is 1.41. The lowest BCUT2D eigenvalue weighted by atomic mass is 9.90. The molecule has 3 aliphatic rings. The van der Waals surface area contributed by atoms with Crippen LogP contribution >= 0.6 is 0 Å². The van der Waals surface area contributed by atoms with Crippen molar-refractivity contribution in [3.63, 3.8) is 0 Å². The summed E-state index contributed by atoms with van der Waals surface area (Å²) in [4.78, 5) is 2.74. The molecule has 1 saturated heterocycles. The number of likely N-dealkylation sites (tertiary alicyclic amines) is 1. The Kier molecular flexibility index (Phi) is 5.36. The highest BCUT2D eigenvalue weighted by Gasteiger charge is 2.29. The van der Waals surface area contributed by atoms with Gasteiger partial charge in [0.1, 0.15) is 0 Å². The summed E-state index contributed by atoms with van der Waals surface area (Å²) in [5, 5.41) is 13.8. The van der Waals surface area contributed by atoms with Crippen molar-refractivity contribution in [3.8, 4) is 0 Å². The normalized spacial score (nSPS) is 35.2. The maximum Gasteiger partial charge on any atom is 0.0693 e. The Bertz CT molecular complexity index is 283. The molecule has 0 bridgehead atoms. The monoisotopic (exact) mass is 280 g/mol. The molecular formula is C17H32N2O. The second-order valence-corrected chi connectivity index (χ2v) is 7.23. The molecule has 0 radical (unpaired) electrons. The number of piperidine rings is 1. The van der Waals surface area contributed by atoms with E-state index in [0.717, 1.165) is 12.5 Å². The quantitative estimate of drug-likeness (QED) is 0.834. The summed E-state index contributed by atoms with van der Waals surface area (Å²) in [7, 11) is 0. The van der Waals surface area contributed by atoms with Crippen LogP contribution in [0.1, 0.15) is 70.6 Å². The zero-order valence-electron chi connectivity index (χ0n) is 12.9. The predicted octanol–water partition coefficient (Wildman–Crippen LogP) is 2.68. The largest absolute Gasteiger partial charge is 0.392 e. The van der Waals surface area contributed by atoms with Gasteiger partial charge in [0, 0.05) is 18.1 Å². The molecule has 2 unspecified atom stereocenters. The van der Waals surface area contributed by atoms with E-state index in [2.05, 4.69) is 10.2 Å². The fraction of sp³-hybridized carbons (Fsp3) is 1.00. The lowest BCUT2D eigenvalue weighted by Crippen LogP contribution is -2.52. The van der Waals surface area contributed by atoms with E-state index in [1.807, 2.05) is 0 Å². The van der Waals surface area contributed by atoms with Crippen LogP contribution in [0.2, 0.25) is 0 Å². The number of rotatable bonds is 3. The van der Waals surface area contributed by atoms with Crippen molar-refractivity contribution >= 4 is 0 Å². The maximum absolute atomic E-state index is 10.1. The molecule has 2 saturated carbocycles. The van der Waals surface area contributed by atoms with E-state index < -0.39 is 0 Å². The van der Waals surface area contributed by atoms with Crippen molar-refractivity contribution in [1.82, 2.24) is 10.2 Å². The van der Waals surface area contributed by atoms with Crippen LogP contribution in [0, 0.1) is 0 Å². The van der Waals surface area contributed by atoms with Gasteiger partial charge in [-0.25, -0.2) is 0 Å². The number of hydrogen-bond donors (Lipinski definition) is 2. The van der Waals surface area contributed by atoms with Crippen molar-refractivity contribution in [2.75, 3.05) is 13.1 Å². The molecule has 0 spiro atoms. The first kappa shape index (κ1) is 14.8. The van der Waals surface area contributed by atoms with Crippen molar-refractivity contribution in [2.24, 2.45) is 0 Å². The molecule has 1 aliphatic heterocycles. The number of nitrogens with one attached hydrogen (secondary N) is 1. The number of hydrogen-bond acceptors (Lipinski definition) is 3. The van der Waals surface area contributed by atoms with Gasteiger partial charge in [0.2, 0.25) is 0 Å². The zero-order valence-corrected chi connectivity index (χ0v) is 12.9. The molecule has 1 heterocycles. The number of aliphatic hydroxyl groups excluding tert-OH is 1. The van der Waals surface area contributed by atoms with E-state index in [9.17, 15) is 5.11 Å². The summed E-state index contributed by atoms with van der Waals surface area (Å²) >= 11 is 0. The lowest BCUT2D eigenvalue weighted by molar-refractivity contribution is 0.0678. The van der Waals surface area contributed by atoms with E-state index in [-0.39, 0.29) is 6.10 Å². The van der Waals surface area contributed by atoms with Gasteiger partial charge in [-0.15, -0.1) is 0 Å². The second kappa shape index (κ2) is 7.24.